The molecule has 0 aliphatic rings. The minimum Gasteiger partial charge on any atom is -0.310 e. The highest BCUT2D eigenvalue weighted by molar-refractivity contribution is 7.85. The van der Waals surface area contributed by atoms with E-state index in [1.165, 1.54) is 0 Å². The maximum atomic E-state index is 15.7. The van der Waals surface area contributed by atoms with Gasteiger partial charge in [-0.25, -0.2) is 4.98 Å². The van der Waals surface area contributed by atoms with Crippen LogP contribution >= 0.6 is 7.14 Å². The van der Waals surface area contributed by atoms with Crippen molar-refractivity contribution in [3.63, 3.8) is 0 Å². The molecule has 1 aromatic heterocycles. The fourth-order valence-corrected chi connectivity index (χ4v) is 10.0. The Hall–Kier alpha value is -6.28. The summed E-state index contributed by atoms with van der Waals surface area (Å²) < 4.78 is 15.7. The Bertz CT molecular complexity index is 2620. The van der Waals surface area contributed by atoms with Gasteiger partial charge >= 0.3 is 0 Å². The molecule has 0 fully saturated rings. The minimum absolute atomic E-state index is 0.798. The molecule has 242 valence electrons. The third-order valence-electron chi connectivity index (χ3n) is 9.68. The first-order valence-corrected chi connectivity index (χ1v) is 18.9. The van der Waals surface area contributed by atoms with E-state index in [0.717, 1.165) is 76.7 Å². The summed E-state index contributed by atoms with van der Waals surface area (Å²) in [6, 6.07) is 68.3. The molecule has 0 bridgehead atoms. The smallest absolute Gasteiger partial charge is 0.171 e. The van der Waals surface area contributed by atoms with E-state index < -0.39 is 7.14 Å². The van der Waals surface area contributed by atoms with Crippen LogP contribution < -0.4 is 20.8 Å². The highest BCUT2D eigenvalue weighted by atomic mass is 31.2. The molecule has 1 heterocycles. The van der Waals surface area contributed by atoms with Crippen molar-refractivity contribution >= 4 is 72.6 Å². The van der Waals surface area contributed by atoms with Crippen LogP contribution in [0.1, 0.15) is 0 Å². The Labute approximate surface area is 297 Å². The Morgan fingerprint density at radius 1 is 0.431 bits per heavy atom. The molecule has 9 rings (SSSR count). The third kappa shape index (κ3) is 5.31. The van der Waals surface area contributed by atoms with Gasteiger partial charge < -0.3 is 9.46 Å². The Morgan fingerprint density at radius 3 is 1.55 bits per heavy atom. The Morgan fingerprint density at radius 2 is 0.961 bits per heavy atom. The molecule has 0 atom stereocenters. The van der Waals surface area contributed by atoms with Gasteiger partial charge in [0.25, 0.3) is 0 Å². The second-order valence-corrected chi connectivity index (χ2v) is 15.4. The third-order valence-corrected chi connectivity index (χ3v) is 12.7. The van der Waals surface area contributed by atoms with Crippen molar-refractivity contribution in [1.82, 2.24) is 4.98 Å². The minimum atomic E-state index is -3.24. The summed E-state index contributed by atoms with van der Waals surface area (Å²) >= 11 is 0. The number of para-hydroxylation sites is 2. The van der Waals surface area contributed by atoms with Gasteiger partial charge in [0.2, 0.25) is 0 Å². The van der Waals surface area contributed by atoms with Crippen molar-refractivity contribution in [1.29, 1.82) is 0 Å². The fourth-order valence-electron chi connectivity index (χ4n) is 7.34. The molecule has 0 unspecified atom stereocenters. The van der Waals surface area contributed by atoms with Gasteiger partial charge in [0.1, 0.15) is 0 Å². The maximum absolute atomic E-state index is 15.7. The largest absolute Gasteiger partial charge is 0.310 e. The lowest BCUT2D eigenvalue weighted by Gasteiger charge is -2.27. The van der Waals surface area contributed by atoms with Crippen molar-refractivity contribution < 1.29 is 4.57 Å². The molecule has 0 N–H and O–H groups in total. The number of hydrogen-bond donors (Lipinski definition) is 0. The second-order valence-electron chi connectivity index (χ2n) is 12.7. The second kappa shape index (κ2) is 12.9. The molecule has 0 aliphatic carbocycles. The number of benzene rings is 8. The van der Waals surface area contributed by atoms with E-state index in [-0.39, 0.29) is 0 Å². The molecule has 51 heavy (non-hydrogen) atoms. The molecule has 0 saturated heterocycles. The topological polar surface area (TPSA) is 33.2 Å². The predicted octanol–water partition coefficient (Wildman–Crippen LogP) is 11.3. The van der Waals surface area contributed by atoms with E-state index >= 15 is 4.57 Å². The van der Waals surface area contributed by atoms with Crippen molar-refractivity contribution in [2.24, 2.45) is 0 Å². The van der Waals surface area contributed by atoms with E-state index in [4.69, 9.17) is 4.98 Å². The molecule has 0 radical (unpaired) electrons. The van der Waals surface area contributed by atoms with Crippen LogP contribution in [-0.2, 0) is 4.57 Å². The van der Waals surface area contributed by atoms with Gasteiger partial charge in [0.15, 0.2) is 7.14 Å². The van der Waals surface area contributed by atoms with Crippen molar-refractivity contribution in [3.8, 4) is 11.3 Å². The lowest BCUT2D eigenvalue weighted by Crippen LogP contribution is -2.24. The molecular weight excluding hydrogens is 640 g/mol. The SMILES string of the molecule is O=P(c1ccccc1)(c1ccccc1)c1ccc2ccc3c(-c4ccccc4)nc4cccc(N(c5ccccc5)c5ccccc5)c4c3c2c1. The van der Waals surface area contributed by atoms with Gasteiger partial charge in [-0.1, -0.05) is 158 Å². The molecule has 0 amide bonds. The van der Waals surface area contributed by atoms with E-state index in [1.807, 2.05) is 78.9 Å². The van der Waals surface area contributed by atoms with Crippen molar-refractivity contribution in [2.75, 3.05) is 4.90 Å². The number of pyridine rings is 1. The molecule has 0 saturated carbocycles. The lowest BCUT2D eigenvalue weighted by atomic mass is 9.94. The fraction of sp³-hybridized carbons (Fsp3) is 0. The van der Waals surface area contributed by atoms with Gasteiger partial charge in [0.05, 0.1) is 16.9 Å². The Balaban J connectivity index is 1.43. The van der Waals surface area contributed by atoms with Crippen LogP contribution in [0.15, 0.2) is 200 Å². The first kappa shape index (κ1) is 30.8. The van der Waals surface area contributed by atoms with Crippen LogP contribution in [0.25, 0.3) is 43.7 Å². The van der Waals surface area contributed by atoms with Crippen LogP contribution in [0.4, 0.5) is 17.1 Å². The number of nitrogens with zero attached hydrogens (tertiary/aromatic N) is 2. The highest BCUT2D eigenvalue weighted by Gasteiger charge is 2.30. The monoisotopic (exact) mass is 672 g/mol. The highest BCUT2D eigenvalue weighted by Crippen LogP contribution is 2.47. The van der Waals surface area contributed by atoms with Crippen LogP contribution in [-0.4, -0.2) is 4.98 Å². The number of anilines is 3. The summed E-state index contributed by atoms with van der Waals surface area (Å²) in [6.07, 6.45) is 0. The molecule has 4 heteroatoms. The van der Waals surface area contributed by atoms with Crippen LogP contribution in [0, 0.1) is 0 Å². The number of hydrogen-bond acceptors (Lipinski definition) is 3. The summed E-state index contributed by atoms with van der Waals surface area (Å²) in [6.45, 7) is 0. The number of rotatable bonds is 7. The zero-order valence-electron chi connectivity index (χ0n) is 27.8. The summed E-state index contributed by atoms with van der Waals surface area (Å²) in [5, 5.41) is 7.70. The average Bonchev–Trinajstić information content (AvgIpc) is 3.21. The van der Waals surface area contributed by atoms with E-state index in [2.05, 4.69) is 126 Å². The maximum Gasteiger partial charge on any atom is 0.171 e. The molecule has 0 spiro atoms. The summed E-state index contributed by atoms with van der Waals surface area (Å²) in [4.78, 5) is 7.71. The normalized spacial score (nSPS) is 11.6. The molecule has 0 aliphatic heterocycles. The molecular formula is C47H33N2OP. The van der Waals surface area contributed by atoms with Crippen LogP contribution in [0.2, 0.25) is 0 Å². The quantitative estimate of drug-likeness (QED) is 0.125. The standard InChI is InChI=1S/C47H33N2OP/c50-51(38-23-12-4-13-24-38,39-25-14-5-15-26-39)40-31-29-34-30-32-41-45(42(34)33-40)46-43(48-47(41)35-17-6-1-7-18-35)27-16-28-44(46)49(36-19-8-2-9-20-36)37-21-10-3-11-22-37/h1-33H. The lowest BCUT2D eigenvalue weighted by molar-refractivity contribution is 0.592. The van der Waals surface area contributed by atoms with Crippen molar-refractivity contribution in [2.45, 2.75) is 0 Å². The predicted molar refractivity (Wildman–Crippen MR) is 216 cm³/mol. The van der Waals surface area contributed by atoms with E-state index in [1.54, 1.807) is 0 Å². The van der Waals surface area contributed by atoms with Crippen LogP contribution in [0.5, 0.6) is 0 Å². The van der Waals surface area contributed by atoms with Crippen molar-refractivity contribution in [3.05, 3.63) is 200 Å². The Kier molecular flexibility index (Phi) is 7.76. The zero-order chi connectivity index (χ0) is 34.2. The van der Waals surface area contributed by atoms with E-state index in [9.17, 15) is 0 Å². The molecule has 9 aromatic rings. The number of fused-ring (bicyclic) bond motifs is 5. The molecule has 3 nitrogen and oxygen atoms in total. The summed E-state index contributed by atoms with van der Waals surface area (Å²) in [7, 11) is -3.24. The molecule has 8 aromatic carbocycles. The van der Waals surface area contributed by atoms with Crippen LogP contribution in [0.3, 0.4) is 0 Å². The first-order chi connectivity index (χ1) is 25.2. The van der Waals surface area contributed by atoms with Gasteiger partial charge in [-0.3, -0.25) is 0 Å². The van der Waals surface area contributed by atoms with Gasteiger partial charge in [0, 0.05) is 49.0 Å². The van der Waals surface area contributed by atoms with Gasteiger partial charge in [-0.2, -0.15) is 0 Å². The summed E-state index contributed by atoms with van der Waals surface area (Å²) in [5.74, 6) is 0. The van der Waals surface area contributed by atoms with Gasteiger partial charge in [-0.05, 0) is 53.2 Å². The summed E-state index contributed by atoms with van der Waals surface area (Å²) in [5.41, 5.74) is 5.98. The average molecular weight is 673 g/mol. The zero-order valence-corrected chi connectivity index (χ0v) is 28.7. The first-order valence-electron chi connectivity index (χ1n) is 17.2. The van der Waals surface area contributed by atoms with Gasteiger partial charge in [-0.15, -0.1) is 0 Å². The number of aromatic nitrogens is 1. The van der Waals surface area contributed by atoms with E-state index in [0.29, 0.717) is 0 Å².